The number of rotatable bonds is 5. The molecule has 2 heteroatoms. The Morgan fingerprint density at radius 2 is 1.78 bits per heavy atom. The topological polar surface area (TPSA) is 9.23 Å². The first-order chi connectivity index (χ1) is 10.6. The largest absolute Gasteiger partial charge is 0.378 e. The highest BCUT2D eigenvalue weighted by Gasteiger charge is 2.53. The highest BCUT2D eigenvalue weighted by atomic mass is 16.5. The summed E-state index contributed by atoms with van der Waals surface area (Å²) in [4.78, 5) is 0. The van der Waals surface area contributed by atoms with Gasteiger partial charge in [-0.25, -0.2) is 0 Å². The smallest absolute Gasteiger partial charge is 0.0703 e. The van der Waals surface area contributed by atoms with Gasteiger partial charge in [0.05, 0.1) is 13.4 Å². The van der Waals surface area contributed by atoms with Gasteiger partial charge in [-0.1, -0.05) is 60.2 Å². The van der Waals surface area contributed by atoms with Crippen molar-refractivity contribution in [1.29, 1.82) is 0 Å². The van der Waals surface area contributed by atoms with Gasteiger partial charge < -0.3 is 4.74 Å². The molecule has 0 heterocycles. The molecule has 1 nitrogen and oxygen atoms in total. The normalized spacial score (nSPS) is 50.2. The minimum absolute atomic E-state index is 0.0546. The van der Waals surface area contributed by atoms with E-state index >= 15 is 0 Å². The van der Waals surface area contributed by atoms with Gasteiger partial charge in [-0.2, -0.15) is 0 Å². The van der Waals surface area contributed by atoms with Crippen molar-refractivity contribution in [1.82, 2.24) is 0 Å². The lowest BCUT2D eigenvalue weighted by molar-refractivity contribution is -0.103. The summed E-state index contributed by atoms with van der Waals surface area (Å²) in [6.45, 7) is 16.9. The van der Waals surface area contributed by atoms with Crippen molar-refractivity contribution in [3.63, 3.8) is 0 Å². The van der Waals surface area contributed by atoms with Gasteiger partial charge in [0.15, 0.2) is 0 Å². The van der Waals surface area contributed by atoms with Gasteiger partial charge in [-0.15, -0.1) is 0 Å². The summed E-state index contributed by atoms with van der Waals surface area (Å²) in [5.74, 6) is 4.58. The molecule has 2 fully saturated rings. The lowest BCUT2D eigenvalue weighted by Crippen LogP contribution is -2.46. The van der Waals surface area contributed by atoms with E-state index in [1.165, 1.54) is 25.7 Å². The summed E-state index contributed by atoms with van der Waals surface area (Å²) in [6, 6.07) is 0. The quantitative estimate of drug-likeness (QED) is 0.587. The maximum atomic E-state index is 6.44. The van der Waals surface area contributed by atoms with Crippen LogP contribution in [0.2, 0.25) is 5.82 Å². The second-order valence-electron chi connectivity index (χ2n) is 9.63. The van der Waals surface area contributed by atoms with Crippen molar-refractivity contribution in [3.05, 3.63) is 0 Å². The molecule has 2 aliphatic rings. The Kier molecular flexibility index (Phi) is 5.67. The maximum absolute atomic E-state index is 6.44. The zero-order chi connectivity index (χ0) is 17.6. The molecule has 23 heavy (non-hydrogen) atoms. The predicted octanol–water partition coefficient (Wildman–Crippen LogP) is 5.74. The summed E-state index contributed by atoms with van der Waals surface area (Å²) in [6.07, 6.45) is 4.89. The summed E-state index contributed by atoms with van der Waals surface area (Å²) in [5, 5.41) is 0. The van der Waals surface area contributed by atoms with Crippen LogP contribution in [-0.2, 0) is 4.74 Å². The van der Waals surface area contributed by atoms with Crippen LogP contribution in [0.3, 0.4) is 0 Å². The lowest BCUT2D eigenvalue weighted by atomic mass is 9.64. The van der Waals surface area contributed by atoms with Gasteiger partial charge in [-0.3, -0.25) is 0 Å². The molecule has 2 radical (unpaired) electrons. The summed E-state index contributed by atoms with van der Waals surface area (Å²) >= 11 is 0. The van der Waals surface area contributed by atoms with Gasteiger partial charge in [0.1, 0.15) is 0 Å². The predicted molar refractivity (Wildman–Crippen MR) is 101 cm³/mol. The fourth-order valence-corrected chi connectivity index (χ4v) is 6.48. The van der Waals surface area contributed by atoms with E-state index < -0.39 is 0 Å². The summed E-state index contributed by atoms with van der Waals surface area (Å²) in [7, 11) is 8.37. The van der Waals surface area contributed by atoms with Crippen molar-refractivity contribution in [2.75, 3.05) is 7.11 Å². The molecule has 2 rings (SSSR count). The Balaban J connectivity index is 2.27. The molecule has 132 valence electrons. The Bertz CT molecular complexity index is 411. The van der Waals surface area contributed by atoms with E-state index in [9.17, 15) is 0 Å². The average Bonchev–Trinajstić information content (AvgIpc) is 2.89. The molecule has 0 saturated heterocycles. The molecule has 0 aromatic rings. The Morgan fingerprint density at radius 3 is 2.22 bits per heavy atom. The van der Waals surface area contributed by atoms with E-state index in [0.29, 0.717) is 29.0 Å². The van der Waals surface area contributed by atoms with Crippen molar-refractivity contribution in [2.24, 2.45) is 40.9 Å². The molecule has 0 amide bonds. The van der Waals surface area contributed by atoms with E-state index in [4.69, 9.17) is 12.6 Å². The van der Waals surface area contributed by atoms with Crippen LogP contribution in [0.4, 0.5) is 0 Å². The fraction of sp³-hybridized carbons (Fsp3) is 1.00. The van der Waals surface area contributed by atoms with E-state index in [2.05, 4.69) is 48.5 Å². The first-order valence-corrected chi connectivity index (χ1v) is 9.90. The zero-order valence-corrected chi connectivity index (χ0v) is 16.9. The van der Waals surface area contributed by atoms with Crippen LogP contribution in [0.1, 0.15) is 74.1 Å². The number of hydrogen-bond acceptors (Lipinski definition) is 1. The van der Waals surface area contributed by atoms with E-state index in [-0.39, 0.29) is 5.60 Å². The van der Waals surface area contributed by atoms with Crippen LogP contribution in [0.5, 0.6) is 0 Å². The number of hydrogen-bond donors (Lipinski definition) is 0. The molecule has 9 unspecified atom stereocenters. The van der Waals surface area contributed by atoms with E-state index in [1.807, 2.05) is 7.11 Å². The molecular weight excluding hydrogens is 279 g/mol. The highest BCUT2D eigenvalue weighted by molar-refractivity contribution is 6.12. The molecule has 0 aromatic heterocycles. The van der Waals surface area contributed by atoms with Crippen LogP contribution >= 0.6 is 0 Å². The molecule has 0 aliphatic heterocycles. The second-order valence-corrected chi connectivity index (χ2v) is 9.63. The Morgan fingerprint density at radius 1 is 1.17 bits per heavy atom. The first kappa shape index (κ1) is 19.4. The highest BCUT2D eigenvalue weighted by Crippen LogP contribution is 2.58. The molecule has 0 spiro atoms. The van der Waals surface area contributed by atoms with E-state index in [1.54, 1.807) is 0 Å². The van der Waals surface area contributed by atoms with Crippen molar-refractivity contribution in [3.8, 4) is 0 Å². The first-order valence-electron chi connectivity index (χ1n) is 9.90. The van der Waals surface area contributed by atoms with Crippen LogP contribution in [-0.4, -0.2) is 20.6 Å². The summed E-state index contributed by atoms with van der Waals surface area (Å²) in [5.41, 5.74) is 0.329. The van der Waals surface area contributed by atoms with Crippen LogP contribution in [0.15, 0.2) is 0 Å². The van der Waals surface area contributed by atoms with Crippen LogP contribution in [0, 0.1) is 40.9 Å². The van der Waals surface area contributed by atoms with Crippen molar-refractivity contribution in [2.45, 2.75) is 85.6 Å². The van der Waals surface area contributed by atoms with Gasteiger partial charge in [0, 0.05) is 7.11 Å². The van der Waals surface area contributed by atoms with Gasteiger partial charge in [0.2, 0.25) is 0 Å². The minimum atomic E-state index is -0.0546. The molecule has 0 N–H and O–H groups in total. The molecule has 0 bridgehead atoms. The summed E-state index contributed by atoms with van der Waals surface area (Å²) < 4.78 is 6.26. The monoisotopic (exact) mass is 318 g/mol. The zero-order valence-electron chi connectivity index (χ0n) is 16.9. The van der Waals surface area contributed by atoms with Crippen LogP contribution in [0.25, 0.3) is 0 Å². The lowest BCUT2D eigenvalue weighted by Gasteiger charge is -2.46. The van der Waals surface area contributed by atoms with Crippen molar-refractivity contribution < 1.29 is 4.74 Å². The van der Waals surface area contributed by atoms with E-state index in [0.717, 1.165) is 17.8 Å². The number of methoxy groups -OCH3 is 1. The standard InChI is InChI=1S/C21H39BO/c1-9-17-10-18(22)15(4)19(17)21(7,23-8)12-20(6)11-13(2)14(3)16(20)5/h13-19H,9-12H2,1-8H3. The van der Waals surface area contributed by atoms with Gasteiger partial charge >= 0.3 is 0 Å². The van der Waals surface area contributed by atoms with Gasteiger partial charge in [0.25, 0.3) is 0 Å². The third kappa shape index (κ3) is 3.26. The fourth-order valence-electron chi connectivity index (χ4n) is 6.48. The minimum Gasteiger partial charge on any atom is -0.378 e. The van der Waals surface area contributed by atoms with Crippen molar-refractivity contribution >= 4 is 7.85 Å². The average molecular weight is 318 g/mol. The second kappa shape index (κ2) is 6.73. The number of ether oxygens (including phenoxy) is 1. The third-order valence-electron chi connectivity index (χ3n) is 8.35. The van der Waals surface area contributed by atoms with Crippen LogP contribution < -0.4 is 0 Å². The third-order valence-corrected chi connectivity index (χ3v) is 8.35. The Hall–Kier alpha value is 0.0249. The molecule has 9 atom stereocenters. The Labute approximate surface area is 146 Å². The molecular formula is C21H39BO. The SMILES string of the molecule is [B]C1CC(CC)C(C(C)(CC2(C)CC(C)C(C)C2C)OC)C1C. The molecule has 2 aliphatic carbocycles. The maximum Gasteiger partial charge on any atom is 0.0703 e. The van der Waals surface area contributed by atoms with Gasteiger partial charge in [-0.05, 0) is 60.7 Å². The molecule has 2 saturated carbocycles. The molecule has 0 aromatic carbocycles.